The summed E-state index contributed by atoms with van der Waals surface area (Å²) in [6, 6.07) is 10.4. The van der Waals surface area contributed by atoms with Gasteiger partial charge in [0.1, 0.15) is 11.6 Å². The molecule has 3 rings (SSSR count). The van der Waals surface area contributed by atoms with Gasteiger partial charge in [0.15, 0.2) is 0 Å². The van der Waals surface area contributed by atoms with E-state index in [4.69, 9.17) is 4.74 Å². The van der Waals surface area contributed by atoms with Crippen LogP contribution in [-0.4, -0.2) is 42.0 Å². The second-order valence-corrected chi connectivity index (χ2v) is 7.21. The normalized spacial score (nSPS) is 18.5. The lowest BCUT2D eigenvalue weighted by Crippen LogP contribution is -2.31. The van der Waals surface area contributed by atoms with Gasteiger partial charge < -0.3 is 14.7 Å². The number of aryl methyl sites for hydroxylation is 2. The average molecular weight is 397 g/mol. The van der Waals surface area contributed by atoms with Crippen LogP contribution < -0.4 is 0 Å². The van der Waals surface area contributed by atoms with E-state index in [0.29, 0.717) is 24.2 Å². The summed E-state index contributed by atoms with van der Waals surface area (Å²) in [4.78, 5) is 27.1. The number of ether oxygens (including phenoxy) is 1. The largest absolute Gasteiger partial charge is 0.507 e. The summed E-state index contributed by atoms with van der Waals surface area (Å²) in [5.41, 5.74) is 2.80. The number of benzene rings is 2. The van der Waals surface area contributed by atoms with Crippen molar-refractivity contribution in [3.8, 4) is 0 Å². The van der Waals surface area contributed by atoms with Gasteiger partial charge in [-0.1, -0.05) is 29.8 Å². The van der Waals surface area contributed by atoms with E-state index in [1.54, 1.807) is 13.2 Å². The first-order valence-electron chi connectivity index (χ1n) is 9.45. The van der Waals surface area contributed by atoms with E-state index in [1.807, 2.05) is 26.0 Å². The van der Waals surface area contributed by atoms with Crippen LogP contribution in [0.1, 0.15) is 34.7 Å². The molecule has 0 saturated carbocycles. The van der Waals surface area contributed by atoms with E-state index in [-0.39, 0.29) is 17.9 Å². The molecule has 2 aromatic rings. The zero-order chi connectivity index (χ0) is 21.1. The van der Waals surface area contributed by atoms with Gasteiger partial charge >= 0.3 is 0 Å². The van der Waals surface area contributed by atoms with Crippen molar-refractivity contribution >= 4 is 17.4 Å². The van der Waals surface area contributed by atoms with E-state index in [9.17, 15) is 19.1 Å². The van der Waals surface area contributed by atoms with Gasteiger partial charge in [-0.25, -0.2) is 4.39 Å². The van der Waals surface area contributed by atoms with E-state index < -0.39 is 23.5 Å². The van der Waals surface area contributed by atoms with Gasteiger partial charge in [-0.3, -0.25) is 9.59 Å². The zero-order valence-electron chi connectivity index (χ0n) is 16.7. The van der Waals surface area contributed by atoms with E-state index in [2.05, 4.69) is 0 Å². The lowest BCUT2D eigenvalue weighted by atomic mass is 9.93. The Morgan fingerprint density at radius 3 is 2.48 bits per heavy atom. The summed E-state index contributed by atoms with van der Waals surface area (Å²) in [6.45, 7) is 4.42. The Balaban J connectivity index is 2.16. The highest BCUT2D eigenvalue weighted by atomic mass is 19.1. The monoisotopic (exact) mass is 397 g/mol. The Morgan fingerprint density at radius 1 is 1.14 bits per heavy atom. The van der Waals surface area contributed by atoms with Crippen LogP contribution in [0.25, 0.3) is 5.76 Å². The van der Waals surface area contributed by atoms with Gasteiger partial charge in [0.2, 0.25) is 0 Å². The van der Waals surface area contributed by atoms with Crippen LogP contribution in [0.3, 0.4) is 0 Å². The molecule has 0 aliphatic carbocycles. The predicted octanol–water partition coefficient (Wildman–Crippen LogP) is 3.90. The third kappa shape index (κ3) is 4.07. The number of likely N-dealkylation sites (tertiary alicyclic amines) is 1. The molecule has 5 nitrogen and oxygen atoms in total. The van der Waals surface area contributed by atoms with Crippen molar-refractivity contribution in [1.29, 1.82) is 0 Å². The summed E-state index contributed by atoms with van der Waals surface area (Å²) in [7, 11) is 1.56. The number of aliphatic hydroxyl groups is 1. The smallest absolute Gasteiger partial charge is 0.295 e. The Morgan fingerprint density at radius 2 is 1.83 bits per heavy atom. The summed E-state index contributed by atoms with van der Waals surface area (Å²) < 4.78 is 18.5. The molecule has 1 aliphatic heterocycles. The van der Waals surface area contributed by atoms with Gasteiger partial charge in [-0.05, 0) is 49.6 Å². The first kappa shape index (κ1) is 20.7. The molecule has 1 aliphatic rings. The van der Waals surface area contributed by atoms with Crippen molar-refractivity contribution in [3.05, 3.63) is 76.1 Å². The van der Waals surface area contributed by atoms with Crippen molar-refractivity contribution in [2.24, 2.45) is 0 Å². The lowest BCUT2D eigenvalue weighted by Gasteiger charge is -2.25. The van der Waals surface area contributed by atoms with E-state index >= 15 is 0 Å². The number of nitrogens with zero attached hydrogens (tertiary/aromatic N) is 1. The highest BCUT2D eigenvalue weighted by Gasteiger charge is 2.45. The molecule has 1 atom stereocenters. The predicted molar refractivity (Wildman–Crippen MR) is 108 cm³/mol. The number of rotatable bonds is 6. The minimum absolute atomic E-state index is 0.0210. The van der Waals surface area contributed by atoms with Crippen LogP contribution >= 0.6 is 0 Å². The van der Waals surface area contributed by atoms with Gasteiger partial charge in [0.05, 0.1) is 11.6 Å². The van der Waals surface area contributed by atoms with Crippen LogP contribution in [-0.2, 0) is 14.3 Å². The van der Waals surface area contributed by atoms with Crippen molar-refractivity contribution in [1.82, 2.24) is 4.90 Å². The maximum absolute atomic E-state index is 13.5. The van der Waals surface area contributed by atoms with Crippen LogP contribution in [0.4, 0.5) is 4.39 Å². The molecule has 0 bridgehead atoms. The summed E-state index contributed by atoms with van der Waals surface area (Å²) in [5.74, 6) is -2.05. The van der Waals surface area contributed by atoms with Gasteiger partial charge in [0, 0.05) is 25.8 Å². The molecule has 1 saturated heterocycles. The Labute approximate surface area is 169 Å². The molecule has 0 spiro atoms. The summed E-state index contributed by atoms with van der Waals surface area (Å²) >= 11 is 0. The minimum Gasteiger partial charge on any atom is -0.507 e. The quantitative estimate of drug-likeness (QED) is 0.347. The summed E-state index contributed by atoms with van der Waals surface area (Å²) in [5, 5.41) is 11.1. The molecule has 152 valence electrons. The first-order chi connectivity index (χ1) is 13.8. The number of methoxy groups -OCH3 is 1. The lowest BCUT2D eigenvalue weighted by molar-refractivity contribution is -0.140. The number of halogens is 1. The Bertz CT molecular complexity index is 965. The number of hydrogen-bond donors (Lipinski definition) is 1. The molecular weight excluding hydrogens is 373 g/mol. The highest BCUT2D eigenvalue weighted by molar-refractivity contribution is 6.46. The molecule has 0 aromatic heterocycles. The molecule has 6 heteroatoms. The zero-order valence-corrected chi connectivity index (χ0v) is 16.7. The fraction of sp³-hybridized carbons (Fsp3) is 0.304. The first-order valence-corrected chi connectivity index (χ1v) is 9.45. The summed E-state index contributed by atoms with van der Waals surface area (Å²) in [6.07, 6.45) is 0.532. The van der Waals surface area contributed by atoms with Crippen LogP contribution in [0.15, 0.2) is 48.0 Å². The third-order valence-corrected chi connectivity index (χ3v) is 5.12. The maximum atomic E-state index is 13.5. The molecule has 29 heavy (non-hydrogen) atoms. The fourth-order valence-electron chi connectivity index (χ4n) is 3.62. The van der Waals surface area contributed by atoms with Gasteiger partial charge in [0.25, 0.3) is 11.7 Å². The van der Waals surface area contributed by atoms with Crippen LogP contribution in [0.5, 0.6) is 0 Å². The molecule has 1 heterocycles. The average Bonchev–Trinajstić information content (AvgIpc) is 2.95. The number of ketones is 1. The molecule has 2 aromatic carbocycles. The van der Waals surface area contributed by atoms with E-state index in [1.165, 1.54) is 29.2 Å². The maximum Gasteiger partial charge on any atom is 0.295 e. The second-order valence-electron chi connectivity index (χ2n) is 7.21. The molecule has 0 radical (unpaired) electrons. The number of hydrogen-bond acceptors (Lipinski definition) is 4. The van der Waals surface area contributed by atoms with E-state index in [0.717, 1.165) is 11.1 Å². The van der Waals surface area contributed by atoms with Crippen LogP contribution in [0.2, 0.25) is 0 Å². The number of amides is 1. The van der Waals surface area contributed by atoms with Crippen molar-refractivity contribution in [2.75, 3.05) is 20.3 Å². The minimum atomic E-state index is -0.785. The Hall–Kier alpha value is -2.99. The molecule has 1 amide bonds. The second kappa shape index (κ2) is 8.57. The molecular formula is C23H24FNO4. The highest BCUT2D eigenvalue weighted by Crippen LogP contribution is 2.40. The molecule has 1 fully saturated rings. The Kier molecular flexibility index (Phi) is 6.13. The number of carbonyl (C=O) groups excluding carboxylic acids is 2. The fourth-order valence-corrected chi connectivity index (χ4v) is 3.62. The standard InChI is InChI=1S/C23H24FNO4/c1-14-5-6-15(2)18(13-14)21(26)19-20(16-7-9-17(24)10-8-16)25(11-4-12-29-3)23(28)22(19)27/h5-10,13,20,26H,4,11-12H2,1-3H3. The van der Waals surface area contributed by atoms with Crippen molar-refractivity contribution < 1.29 is 23.8 Å². The van der Waals surface area contributed by atoms with Crippen molar-refractivity contribution in [3.63, 3.8) is 0 Å². The third-order valence-electron chi connectivity index (χ3n) is 5.12. The molecule has 1 N–H and O–H groups in total. The van der Waals surface area contributed by atoms with Crippen LogP contribution in [0, 0.1) is 19.7 Å². The van der Waals surface area contributed by atoms with Crippen molar-refractivity contribution in [2.45, 2.75) is 26.3 Å². The topological polar surface area (TPSA) is 66.8 Å². The SMILES string of the molecule is COCCCN1C(=O)C(=O)C(=C(O)c2cc(C)ccc2C)C1c1ccc(F)cc1. The van der Waals surface area contributed by atoms with Gasteiger partial charge in [-0.15, -0.1) is 0 Å². The number of Topliss-reactive ketones (excluding diaryl/α,β-unsaturated/α-hetero) is 1. The van der Waals surface area contributed by atoms with Gasteiger partial charge in [-0.2, -0.15) is 0 Å². The number of carbonyl (C=O) groups is 2. The molecule has 1 unspecified atom stereocenters. The number of aliphatic hydroxyl groups excluding tert-OH is 1.